The van der Waals surface area contributed by atoms with Crippen molar-refractivity contribution >= 4 is 5.78 Å². The number of ketones is 1. The number of hydrogen-bond acceptors (Lipinski definition) is 1. The van der Waals surface area contributed by atoms with Crippen LogP contribution < -0.4 is 0 Å². The van der Waals surface area contributed by atoms with Crippen LogP contribution in [0, 0.1) is 5.41 Å². The average Bonchev–Trinajstić information content (AvgIpc) is 2.29. The molecule has 2 aliphatic rings. The lowest BCUT2D eigenvalue weighted by Crippen LogP contribution is -2.05. The summed E-state index contributed by atoms with van der Waals surface area (Å²) in [5, 5.41) is 0. The van der Waals surface area contributed by atoms with Crippen molar-refractivity contribution < 1.29 is 4.79 Å². The van der Waals surface area contributed by atoms with Gasteiger partial charge in [0, 0.05) is 6.42 Å². The van der Waals surface area contributed by atoms with Crippen LogP contribution in [0.2, 0.25) is 0 Å². The zero-order valence-corrected chi connectivity index (χ0v) is 5.44. The second-order valence-corrected chi connectivity index (χ2v) is 3.14. The van der Waals surface area contributed by atoms with Crippen LogP contribution in [0.25, 0.3) is 0 Å². The maximum atomic E-state index is 11.1. The van der Waals surface area contributed by atoms with E-state index in [2.05, 4.69) is 6.58 Å². The third-order valence-corrected chi connectivity index (χ3v) is 2.61. The van der Waals surface area contributed by atoms with Crippen LogP contribution in [-0.4, -0.2) is 5.78 Å². The Morgan fingerprint density at radius 2 is 2.22 bits per heavy atom. The van der Waals surface area contributed by atoms with E-state index in [-0.39, 0.29) is 5.41 Å². The van der Waals surface area contributed by atoms with Crippen molar-refractivity contribution in [3.05, 3.63) is 12.2 Å². The van der Waals surface area contributed by atoms with Crippen LogP contribution in [0.1, 0.15) is 25.7 Å². The van der Waals surface area contributed by atoms with Gasteiger partial charge in [-0.25, -0.2) is 0 Å². The van der Waals surface area contributed by atoms with Gasteiger partial charge in [-0.05, 0) is 19.3 Å². The van der Waals surface area contributed by atoms with E-state index in [1.807, 2.05) is 0 Å². The first-order chi connectivity index (χ1) is 4.26. The van der Waals surface area contributed by atoms with Crippen LogP contribution in [0.15, 0.2) is 12.2 Å². The van der Waals surface area contributed by atoms with Gasteiger partial charge in [0.05, 0.1) is 5.41 Å². The molecule has 0 unspecified atom stereocenters. The van der Waals surface area contributed by atoms with E-state index in [0.29, 0.717) is 5.78 Å². The fourth-order valence-corrected chi connectivity index (χ4v) is 1.81. The van der Waals surface area contributed by atoms with Crippen molar-refractivity contribution in [3.8, 4) is 0 Å². The van der Waals surface area contributed by atoms with Gasteiger partial charge in [0.15, 0.2) is 0 Å². The molecule has 2 rings (SSSR count). The summed E-state index contributed by atoms with van der Waals surface area (Å²) in [6.07, 6.45) is 3.98. The lowest BCUT2D eigenvalue weighted by Gasteiger charge is -1.97. The molecule has 1 heteroatoms. The maximum absolute atomic E-state index is 11.1. The Morgan fingerprint density at radius 1 is 1.56 bits per heavy atom. The number of carbonyl (C=O) groups is 1. The second-order valence-electron chi connectivity index (χ2n) is 3.14. The van der Waals surface area contributed by atoms with Crippen LogP contribution >= 0.6 is 0 Å². The van der Waals surface area contributed by atoms with Crippen molar-refractivity contribution in [2.75, 3.05) is 0 Å². The Kier molecular flexibility index (Phi) is 0.743. The summed E-state index contributed by atoms with van der Waals surface area (Å²) in [6, 6.07) is 0. The van der Waals surface area contributed by atoms with E-state index >= 15 is 0 Å². The van der Waals surface area contributed by atoms with E-state index in [0.717, 1.165) is 25.7 Å². The van der Waals surface area contributed by atoms with Crippen molar-refractivity contribution in [2.45, 2.75) is 25.7 Å². The highest BCUT2D eigenvalue weighted by Crippen LogP contribution is 2.59. The molecule has 1 spiro atoms. The lowest BCUT2D eigenvalue weighted by molar-refractivity contribution is -0.121. The Bertz CT molecular complexity index is 193. The van der Waals surface area contributed by atoms with Crippen LogP contribution in [0.3, 0.4) is 0 Å². The number of hydrogen-bond donors (Lipinski definition) is 0. The third-order valence-electron chi connectivity index (χ3n) is 2.61. The number of allylic oxidation sites excluding steroid dienone is 1. The molecule has 0 aromatic heterocycles. The van der Waals surface area contributed by atoms with Gasteiger partial charge in [0.1, 0.15) is 5.78 Å². The topological polar surface area (TPSA) is 17.1 Å². The molecule has 9 heavy (non-hydrogen) atoms. The first kappa shape index (κ1) is 5.21. The predicted octanol–water partition coefficient (Wildman–Crippen LogP) is 1.69. The van der Waals surface area contributed by atoms with Crippen LogP contribution in [0.4, 0.5) is 0 Å². The molecule has 0 aromatic carbocycles. The SMILES string of the molecule is C=C1C[C@@]12CCCC2=O. The minimum atomic E-state index is 0.0278. The summed E-state index contributed by atoms with van der Waals surface area (Å²) in [7, 11) is 0. The summed E-state index contributed by atoms with van der Waals surface area (Å²) in [5.41, 5.74) is 1.21. The molecule has 1 atom stereocenters. The molecule has 2 aliphatic carbocycles. The first-order valence-electron chi connectivity index (χ1n) is 3.47. The van der Waals surface area contributed by atoms with Gasteiger partial charge in [0.2, 0.25) is 0 Å². The summed E-state index contributed by atoms with van der Waals surface area (Å²) in [6.45, 7) is 3.83. The van der Waals surface area contributed by atoms with Gasteiger partial charge in [-0.1, -0.05) is 12.2 Å². The zero-order valence-electron chi connectivity index (χ0n) is 5.44. The van der Waals surface area contributed by atoms with E-state index in [9.17, 15) is 4.79 Å². The number of rotatable bonds is 0. The lowest BCUT2D eigenvalue weighted by atomic mass is 10.0. The molecule has 0 saturated heterocycles. The predicted molar refractivity (Wildman–Crippen MR) is 35.0 cm³/mol. The van der Waals surface area contributed by atoms with Gasteiger partial charge >= 0.3 is 0 Å². The van der Waals surface area contributed by atoms with Crippen LogP contribution in [-0.2, 0) is 4.79 Å². The average molecular weight is 122 g/mol. The summed E-state index contributed by atoms with van der Waals surface area (Å²) in [5.74, 6) is 0.451. The minimum absolute atomic E-state index is 0.0278. The molecule has 0 aliphatic heterocycles. The quantitative estimate of drug-likeness (QED) is 0.447. The van der Waals surface area contributed by atoms with Crippen molar-refractivity contribution in [1.29, 1.82) is 0 Å². The molecular weight excluding hydrogens is 112 g/mol. The highest BCUT2D eigenvalue weighted by atomic mass is 16.1. The fraction of sp³-hybridized carbons (Fsp3) is 0.625. The van der Waals surface area contributed by atoms with E-state index in [1.165, 1.54) is 5.57 Å². The molecular formula is C8H10O. The van der Waals surface area contributed by atoms with Gasteiger partial charge in [-0.3, -0.25) is 4.79 Å². The minimum Gasteiger partial charge on any atom is -0.299 e. The summed E-state index contributed by atoms with van der Waals surface area (Å²) >= 11 is 0. The molecule has 48 valence electrons. The fourth-order valence-electron chi connectivity index (χ4n) is 1.81. The van der Waals surface area contributed by atoms with Crippen molar-refractivity contribution in [3.63, 3.8) is 0 Å². The molecule has 2 saturated carbocycles. The molecule has 2 fully saturated rings. The highest BCUT2D eigenvalue weighted by Gasteiger charge is 2.55. The molecule has 0 radical (unpaired) electrons. The van der Waals surface area contributed by atoms with Crippen molar-refractivity contribution in [2.24, 2.45) is 5.41 Å². The first-order valence-corrected chi connectivity index (χ1v) is 3.47. The van der Waals surface area contributed by atoms with Crippen molar-refractivity contribution in [1.82, 2.24) is 0 Å². The monoisotopic (exact) mass is 122 g/mol. The maximum Gasteiger partial charge on any atom is 0.143 e. The molecule has 0 bridgehead atoms. The summed E-state index contributed by atoms with van der Waals surface area (Å²) in [4.78, 5) is 11.1. The van der Waals surface area contributed by atoms with Gasteiger partial charge in [0.25, 0.3) is 0 Å². The van der Waals surface area contributed by atoms with Gasteiger partial charge < -0.3 is 0 Å². The van der Waals surface area contributed by atoms with E-state index in [4.69, 9.17) is 0 Å². The van der Waals surface area contributed by atoms with Gasteiger partial charge in [-0.15, -0.1) is 0 Å². The Balaban J connectivity index is 2.31. The smallest absolute Gasteiger partial charge is 0.143 e. The molecule has 0 amide bonds. The molecule has 0 N–H and O–H groups in total. The Morgan fingerprint density at radius 3 is 2.44 bits per heavy atom. The third kappa shape index (κ3) is 0.473. The highest BCUT2D eigenvalue weighted by molar-refractivity contribution is 5.94. The number of Topliss-reactive ketones (excluding diaryl/α,β-unsaturated/α-hetero) is 1. The zero-order chi connectivity index (χ0) is 6.48. The standard InChI is InChI=1S/C8H10O/c1-6-5-8(6)4-2-3-7(8)9/h1-5H2/t8-/m0/s1. The molecule has 1 nitrogen and oxygen atoms in total. The summed E-state index contributed by atoms with van der Waals surface area (Å²) < 4.78 is 0. The Labute approximate surface area is 54.8 Å². The Hall–Kier alpha value is -0.590. The normalized spacial score (nSPS) is 40.4. The van der Waals surface area contributed by atoms with E-state index < -0.39 is 0 Å². The second kappa shape index (κ2) is 1.28. The number of carbonyl (C=O) groups excluding carboxylic acids is 1. The van der Waals surface area contributed by atoms with Gasteiger partial charge in [-0.2, -0.15) is 0 Å². The molecule has 0 aromatic rings. The van der Waals surface area contributed by atoms with E-state index in [1.54, 1.807) is 0 Å². The largest absolute Gasteiger partial charge is 0.299 e. The molecule has 0 heterocycles. The van der Waals surface area contributed by atoms with Crippen LogP contribution in [0.5, 0.6) is 0 Å².